The van der Waals surface area contributed by atoms with Crippen LogP contribution in [0.4, 0.5) is 5.82 Å². The summed E-state index contributed by atoms with van der Waals surface area (Å²) in [5.74, 6) is 0.141. The van der Waals surface area contributed by atoms with Crippen molar-refractivity contribution < 1.29 is 0 Å². The normalized spacial score (nSPS) is 10.7. The van der Waals surface area contributed by atoms with Crippen LogP contribution in [0, 0.1) is 6.92 Å². The van der Waals surface area contributed by atoms with Gasteiger partial charge in [-0.15, -0.1) is 0 Å². The summed E-state index contributed by atoms with van der Waals surface area (Å²) in [6.07, 6.45) is 1.81. The zero-order chi connectivity index (χ0) is 12.6. The molecule has 0 radical (unpaired) electrons. The smallest absolute Gasteiger partial charge is 0.330 e. The molecule has 2 rings (SSSR count). The second-order valence-electron chi connectivity index (χ2n) is 3.86. The summed E-state index contributed by atoms with van der Waals surface area (Å²) in [6, 6.07) is 1.19. The minimum absolute atomic E-state index is 0.141. The summed E-state index contributed by atoms with van der Waals surface area (Å²) < 4.78 is 2.96. The lowest BCUT2D eigenvalue weighted by molar-refractivity contribution is 0.728. The molecule has 7 heteroatoms. The number of H-pyrrole nitrogens is 1. The molecule has 2 aromatic rings. The highest BCUT2D eigenvalue weighted by atomic mass is 16.2. The van der Waals surface area contributed by atoms with Crippen molar-refractivity contribution in [3.63, 3.8) is 0 Å². The predicted octanol–water partition coefficient (Wildman–Crippen LogP) is -0.791. The quantitative estimate of drug-likeness (QED) is 0.712. The van der Waals surface area contributed by atoms with E-state index < -0.39 is 11.2 Å². The molecule has 0 aliphatic carbocycles. The van der Waals surface area contributed by atoms with Crippen LogP contribution in [-0.4, -0.2) is 19.3 Å². The Kier molecular flexibility index (Phi) is 2.58. The lowest BCUT2D eigenvalue weighted by Crippen LogP contribution is -2.31. The Labute approximate surface area is 96.5 Å². The Balaban J connectivity index is 2.47. The molecular weight excluding hydrogens is 222 g/mol. The fourth-order valence-electron chi connectivity index (χ4n) is 1.68. The minimum Gasteiger partial charge on any atom is -0.385 e. The van der Waals surface area contributed by atoms with E-state index in [9.17, 15) is 9.59 Å². The highest BCUT2D eigenvalue weighted by molar-refractivity contribution is 5.28. The Hall–Kier alpha value is -2.31. The molecule has 0 atom stereocenters. The molecule has 0 aliphatic rings. The lowest BCUT2D eigenvalue weighted by atomic mass is 10.2. The van der Waals surface area contributed by atoms with E-state index in [1.807, 2.05) is 13.1 Å². The number of aromatic amines is 1. The van der Waals surface area contributed by atoms with Gasteiger partial charge in [-0.2, -0.15) is 5.10 Å². The van der Waals surface area contributed by atoms with Crippen LogP contribution in [0.25, 0.3) is 0 Å². The topological polar surface area (TPSA) is 98.7 Å². The molecule has 0 aliphatic heterocycles. The molecule has 2 aromatic heterocycles. The standard InChI is InChI=1S/C10H13N5O2/c1-6-7(4-14(2)13-6)5-15-8(11)3-9(16)12-10(15)17/h3-4H,5,11H2,1-2H3,(H,12,16,17). The number of aromatic nitrogens is 4. The average molecular weight is 235 g/mol. The van der Waals surface area contributed by atoms with Crippen LogP contribution in [-0.2, 0) is 13.6 Å². The van der Waals surface area contributed by atoms with Crippen LogP contribution in [0.5, 0.6) is 0 Å². The van der Waals surface area contributed by atoms with Gasteiger partial charge in [0, 0.05) is 24.9 Å². The fourth-order valence-corrected chi connectivity index (χ4v) is 1.68. The number of anilines is 1. The summed E-state index contributed by atoms with van der Waals surface area (Å²) in [6.45, 7) is 2.14. The molecule has 0 saturated heterocycles. The van der Waals surface area contributed by atoms with E-state index in [0.29, 0.717) is 6.54 Å². The van der Waals surface area contributed by atoms with Gasteiger partial charge in [0.25, 0.3) is 5.56 Å². The number of hydrogen-bond acceptors (Lipinski definition) is 4. The van der Waals surface area contributed by atoms with E-state index >= 15 is 0 Å². The van der Waals surface area contributed by atoms with Crippen LogP contribution in [0.2, 0.25) is 0 Å². The van der Waals surface area contributed by atoms with Crippen molar-refractivity contribution in [2.24, 2.45) is 7.05 Å². The summed E-state index contributed by atoms with van der Waals surface area (Å²) in [7, 11) is 1.80. The highest BCUT2D eigenvalue weighted by Gasteiger charge is 2.08. The largest absolute Gasteiger partial charge is 0.385 e. The van der Waals surface area contributed by atoms with E-state index in [-0.39, 0.29) is 5.82 Å². The molecule has 0 spiro atoms. The molecule has 90 valence electrons. The average Bonchev–Trinajstić information content (AvgIpc) is 2.51. The van der Waals surface area contributed by atoms with Crippen molar-refractivity contribution in [1.29, 1.82) is 0 Å². The Morgan fingerprint density at radius 1 is 1.47 bits per heavy atom. The number of hydrogen-bond donors (Lipinski definition) is 2. The molecule has 0 unspecified atom stereocenters. The van der Waals surface area contributed by atoms with Crippen molar-refractivity contribution >= 4 is 5.82 Å². The van der Waals surface area contributed by atoms with E-state index in [1.54, 1.807) is 11.7 Å². The lowest BCUT2D eigenvalue weighted by Gasteiger charge is -2.06. The van der Waals surface area contributed by atoms with E-state index in [4.69, 9.17) is 5.73 Å². The Bertz CT molecular complexity index is 664. The van der Waals surface area contributed by atoms with Gasteiger partial charge in [-0.05, 0) is 6.92 Å². The number of nitrogens with one attached hydrogen (secondary N) is 1. The second kappa shape index (κ2) is 3.93. The predicted molar refractivity (Wildman–Crippen MR) is 62.8 cm³/mol. The highest BCUT2D eigenvalue weighted by Crippen LogP contribution is 2.07. The molecule has 0 amide bonds. The number of nitrogens with zero attached hydrogens (tertiary/aromatic N) is 3. The molecule has 0 bridgehead atoms. The van der Waals surface area contributed by atoms with Crippen LogP contribution < -0.4 is 17.0 Å². The molecule has 3 N–H and O–H groups in total. The van der Waals surface area contributed by atoms with Gasteiger partial charge >= 0.3 is 5.69 Å². The van der Waals surface area contributed by atoms with Gasteiger partial charge in [0.1, 0.15) is 5.82 Å². The molecule has 2 heterocycles. The summed E-state index contributed by atoms with van der Waals surface area (Å²) in [5.41, 5.74) is 6.34. The molecule has 0 saturated carbocycles. The maximum atomic E-state index is 11.6. The molecule has 0 fully saturated rings. The van der Waals surface area contributed by atoms with Crippen molar-refractivity contribution in [2.75, 3.05) is 5.73 Å². The number of nitrogen functional groups attached to an aromatic ring is 1. The van der Waals surface area contributed by atoms with Crippen LogP contribution in [0.15, 0.2) is 21.9 Å². The first kappa shape index (κ1) is 11.2. The van der Waals surface area contributed by atoms with Gasteiger partial charge in [0.05, 0.1) is 12.2 Å². The third-order valence-electron chi connectivity index (χ3n) is 2.51. The van der Waals surface area contributed by atoms with Gasteiger partial charge in [0.15, 0.2) is 0 Å². The summed E-state index contributed by atoms with van der Waals surface area (Å²) in [4.78, 5) is 24.8. The first-order valence-electron chi connectivity index (χ1n) is 5.06. The Morgan fingerprint density at radius 2 is 2.18 bits per heavy atom. The molecule has 0 aromatic carbocycles. The van der Waals surface area contributed by atoms with Crippen LogP contribution in [0.1, 0.15) is 11.3 Å². The molecule has 7 nitrogen and oxygen atoms in total. The summed E-state index contributed by atoms with van der Waals surface area (Å²) in [5, 5.41) is 4.17. The monoisotopic (exact) mass is 235 g/mol. The SMILES string of the molecule is Cc1nn(C)cc1Cn1c(N)cc(=O)[nH]c1=O. The zero-order valence-corrected chi connectivity index (χ0v) is 9.60. The summed E-state index contributed by atoms with van der Waals surface area (Å²) >= 11 is 0. The molecular formula is C10H13N5O2. The van der Waals surface area contributed by atoms with Crippen LogP contribution in [0.3, 0.4) is 0 Å². The van der Waals surface area contributed by atoms with Gasteiger partial charge in [0.2, 0.25) is 0 Å². The fraction of sp³-hybridized carbons (Fsp3) is 0.300. The van der Waals surface area contributed by atoms with Crippen molar-refractivity contribution in [3.8, 4) is 0 Å². The first-order valence-corrected chi connectivity index (χ1v) is 5.06. The van der Waals surface area contributed by atoms with E-state index in [1.165, 1.54) is 10.6 Å². The van der Waals surface area contributed by atoms with Crippen molar-refractivity contribution in [1.82, 2.24) is 19.3 Å². The molecule has 17 heavy (non-hydrogen) atoms. The third kappa shape index (κ3) is 2.12. The maximum Gasteiger partial charge on any atom is 0.330 e. The maximum absolute atomic E-state index is 11.6. The van der Waals surface area contributed by atoms with Crippen molar-refractivity contribution in [3.05, 3.63) is 44.4 Å². The van der Waals surface area contributed by atoms with E-state index in [0.717, 1.165) is 11.3 Å². The second-order valence-corrected chi connectivity index (χ2v) is 3.86. The zero-order valence-electron chi connectivity index (χ0n) is 9.60. The first-order chi connectivity index (χ1) is 7.97. The number of nitrogens with two attached hydrogens (primary N) is 1. The van der Waals surface area contributed by atoms with Crippen LogP contribution >= 0.6 is 0 Å². The third-order valence-corrected chi connectivity index (χ3v) is 2.51. The van der Waals surface area contributed by atoms with Crippen molar-refractivity contribution in [2.45, 2.75) is 13.5 Å². The van der Waals surface area contributed by atoms with E-state index in [2.05, 4.69) is 10.1 Å². The van der Waals surface area contributed by atoms with Gasteiger partial charge in [-0.3, -0.25) is 19.0 Å². The van der Waals surface area contributed by atoms with Gasteiger partial charge in [-0.25, -0.2) is 4.79 Å². The minimum atomic E-state index is -0.516. The number of rotatable bonds is 2. The number of aryl methyl sites for hydroxylation is 2. The Morgan fingerprint density at radius 3 is 2.71 bits per heavy atom. The van der Waals surface area contributed by atoms with Gasteiger partial charge in [-0.1, -0.05) is 0 Å². The van der Waals surface area contributed by atoms with Gasteiger partial charge < -0.3 is 5.73 Å².